The van der Waals surface area contributed by atoms with Gasteiger partial charge < -0.3 is 4.40 Å². The Kier molecular flexibility index (Phi) is 3.51. The summed E-state index contributed by atoms with van der Waals surface area (Å²) in [5.41, 5.74) is 6.73. The minimum absolute atomic E-state index is 0.955. The van der Waals surface area contributed by atoms with Crippen molar-refractivity contribution < 1.29 is 0 Å². The molecule has 4 heteroatoms. The molecule has 0 radical (unpaired) electrons. The first-order chi connectivity index (χ1) is 10.7. The van der Waals surface area contributed by atoms with Gasteiger partial charge in [0.05, 0.1) is 0 Å². The maximum absolute atomic E-state index is 4.49. The predicted molar refractivity (Wildman–Crippen MR) is 91.9 cm³/mol. The van der Waals surface area contributed by atoms with Crippen LogP contribution in [0.15, 0.2) is 47.3 Å². The highest BCUT2D eigenvalue weighted by molar-refractivity contribution is 9.10. The second-order valence-electron chi connectivity index (χ2n) is 6.01. The lowest BCUT2D eigenvalue weighted by Gasteiger charge is -2.30. The van der Waals surface area contributed by atoms with Gasteiger partial charge in [-0.2, -0.15) is 0 Å². The van der Waals surface area contributed by atoms with Crippen LogP contribution >= 0.6 is 15.9 Å². The van der Waals surface area contributed by atoms with Crippen molar-refractivity contribution in [3.05, 3.63) is 69.6 Å². The predicted octanol–water partition coefficient (Wildman–Crippen LogP) is 3.96. The van der Waals surface area contributed by atoms with E-state index in [0.29, 0.717) is 0 Å². The van der Waals surface area contributed by atoms with E-state index in [1.807, 2.05) is 12.4 Å². The Morgan fingerprint density at radius 3 is 3.09 bits per heavy atom. The molecule has 3 aromatic rings. The van der Waals surface area contributed by atoms with Gasteiger partial charge in [-0.1, -0.05) is 22.0 Å². The van der Waals surface area contributed by atoms with E-state index in [4.69, 9.17) is 0 Å². The minimum atomic E-state index is 0.955. The second kappa shape index (κ2) is 5.52. The summed E-state index contributed by atoms with van der Waals surface area (Å²) in [6.07, 6.45) is 7.05. The molecule has 3 nitrogen and oxygen atoms in total. The summed E-state index contributed by atoms with van der Waals surface area (Å²) < 4.78 is 3.29. The molecular weight excluding hydrogens is 338 g/mol. The summed E-state index contributed by atoms with van der Waals surface area (Å²) >= 11 is 3.61. The molecule has 0 saturated heterocycles. The van der Waals surface area contributed by atoms with Crippen molar-refractivity contribution in [2.24, 2.45) is 0 Å². The molecule has 0 N–H and O–H groups in total. The van der Waals surface area contributed by atoms with Gasteiger partial charge in [0.25, 0.3) is 0 Å². The van der Waals surface area contributed by atoms with E-state index in [0.717, 1.165) is 31.7 Å². The molecule has 0 fully saturated rings. The molecule has 0 spiro atoms. The van der Waals surface area contributed by atoms with E-state index in [2.05, 4.69) is 67.6 Å². The number of nitrogens with zero attached hydrogens (tertiary/aromatic N) is 3. The molecule has 3 heterocycles. The van der Waals surface area contributed by atoms with Crippen molar-refractivity contribution in [2.75, 3.05) is 6.54 Å². The number of pyridine rings is 1. The molecule has 0 saturated carbocycles. The third-order valence-corrected chi connectivity index (χ3v) is 4.96. The maximum Gasteiger partial charge on any atom is 0.141 e. The Morgan fingerprint density at radius 1 is 1.27 bits per heavy atom. The zero-order valence-electron chi connectivity index (χ0n) is 12.6. The lowest BCUT2D eigenvalue weighted by Crippen LogP contribution is -2.30. The Labute approximate surface area is 138 Å². The molecular formula is C18H18BrN3. The monoisotopic (exact) mass is 355 g/mol. The molecule has 1 aliphatic heterocycles. The van der Waals surface area contributed by atoms with Crippen LogP contribution in [0.5, 0.6) is 0 Å². The van der Waals surface area contributed by atoms with Crippen LogP contribution in [-0.4, -0.2) is 20.8 Å². The molecule has 2 aromatic heterocycles. The van der Waals surface area contributed by atoms with E-state index in [1.54, 1.807) is 0 Å². The number of benzene rings is 1. The smallest absolute Gasteiger partial charge is 0.141 e. The fraction of sp³-hybridized carbons (Fsp3) is 0.278. The summed E-state index contributed by atoms with van der Waals surface area (Å²) in [4.78, 5) is 7.01. The van der Waals surface area contributed by atoms with E-state index in [-0.39, 0.29) is 0 Å². The molecule has 0 unspecified atom stereocenters. The van der Waals surface area contributed by atoms with Gasteiger partial charge in [-0.25, -0.2) is 4.98 Å². The van der Waals surface area contributed by atoms with Gasteiger partial charge in [0, 0.05) is 48.3 Å². The maximum atomic E-state index is 4.49. The van der Waals surface area contributed by atoms with Crippen LogP contribution in [0, 0.1) is 6.92 Å². The summed E-state index contributed by atoms with van der Waals surface area (Å²) in [6.45, 7) is 5.29. The van der Waals surface area contributed by atoms with Crippen LogP contribution in [0.25, 0.3) is 5.65 Å². The Hall–Kier alpha value is -1.65. The number of imidazole rings is 1. The number of rotatable bonds is 2. The fourth-order valence-corrected chi connectivity index (χ4v) is 4.00. The van der Waals surface area contributed by atoms with E-state index < -0.39 is 0 Å². The van der Waals surface area contributed by atoms with Crippen LogP contribution in [0.3, 0.4) is 0 Å². The highest BCUT2D eigenvalue weighted by Gasteiger charge is 2.19. The first-order valence-corrected chi connectivity index (χ1v) is 8.41. The average Bonchev–Trinajstić information content (AvgIpc) is 2.97. The van der Waals surface area contributed by atoms with Crippen molar-refractivity contribution in [1.29, 1.82) is 0 Å². The van der Waals surface area contributed by atoms with Crippen LogP contribution in [0.1, 0.15) is 22.3 Å². The lowest BCUT2D eigenvalue weighted by molar-refractivity contribution is 0.245. The zero-order chi connectivity index (χ0) is 15.1. The molecule has 0 amide bonds. The van der Waals surface area contributed by atoms with Gasteiger partial charge in [0.1, 0.15) is 5.65 Å². The van der Waals surface area contributed by atoms with Crippen LogP contribution in [0.4, 0.5) is 0 Å². The highest BCUT2D eigenvalue weighted by atomic mass is 79.9. The average molecular weight is 356 g/mol. The van der Waals surface area contributed by atoms with Gasteiger partial charge >= 0.3 is 0 Å². The van der Waals surface area contributed by atoms with Crippen LogP contribution in [0.2, 0.25) is 0 Å². The number of aromatic nitrogens is 2. The standard InChI is InChI=1S/C18H18BrN3/c1-13-9-16(19)10-14-4-7-21(12-17(13)14)11-15-3-2-6-22-8-5-20-18(15)22/h2-3,5-6,8-10H,4,7,11-12H2,1H3. The largest absolute Gasteiger partial charge is 0.307 e. The van der Waals surface area contributed by atoms with E-state index in [9.17, 15) is 0 Å². The van der Waals surface area contributed by atoms with E-state index >= 15 is 0 Å². The van der Waals surface area contributed by atoms with Gasteiger partial charge in [0.15, 0.2) is 0 Å². The van der Waals surface area contributed by atoms with Crippen molar-refractivity contribution in [3.63, 3.8) is 0 Å². The third kappa shape index (κ3) is 2.46. The Morgan fingerprint density at radius 2 is 2.18 bits per heavy atom. The third-order valence-electron chi connectivity index (χ3n) is 4.50. The normalized spacial score (nSPS) is 15.2. The van der Waals surface area contributed by atoms with Crippen molar-refractivity contribution in [3.8, 4) is 0 Å². The molecule has 0 bridgehead atoms. The first-order valence-electron chi connectivity index (χ1n) is 7.61. The zero-order valence-corrected chi connectivity index (χ0v) is 14.2. The molecule has 112 valence electrons. The summed E-state index contributed by atoms with van der Waals surface area (Å²) in [6, 6.07) is 8.78. The second-order valence-corrected chi connectivity index (χ2v) is 6.93. The molecule has 1 aliphatic rings. The van der Waals surface area contributed by atoms with Crippen molar-refractivity contribution >= 4 is 21.6 Å². The van der Waals surface area contributed by atoms with Gasteiger partial charge in [0.2, 0.25) is 0 Å². The van der Waals surface area contributed by atoms with E-state index in [1.165, 1.54) is 26.7 Å². The Bertz CT molecular complexity index is 837. The molecule has 0 aliphatic carbocycles. The number of hydrogen-bond acceptors (Lipinski definition) is 2. The summed E-state index contributed by atoms with van der Waals surface area (Å²) in [5, 5.41) is 0. The lowest BCUT2D eigenvalue weighted by atomic mass is 9.95. The number of aryl methyl sites for hydroxylation is 1. The van der Waals surface area contributed by atoms with Gasteiger partial charge in [-0.3, -0.25) is 4.90 Å². The van der Waals surface area contributed by atoms with Gasteiger partial charge in [-0.05, 0) is 48.2 Å². The van der Waals surface area contributed by atoms with Crippen LogP contribution < -0.4 is 0 Å². The van der Waals surface area contributed by atoms with Crippen LogP contribution in [-0.2, 0) is 19.5 Å². The fourth-order valence-electron chi connectivity index (χ4n) is 3.38. The minimum Gasteiger partial charge on any atom is -0.307 e. The number of fused-ring (bicyclic) bond motifs is 2. The SMILES string of the molecule is Cc1cc(Br)cc2c1CN(Cc1cccn3ccnc13)CC2. The highest BCUT2D eigenvalue weighted by Crippen LogP contribution is 2.27. The number of halogens is 1. The molecule has 4 rings (SSSR count). The quantitative estimate of drug-likeness (QED) is 0.693. The van der Waals surface area contributed by atoms with Crippen molar-refractivity contribution in [1.82, 2.24) is 14.3 Å². The molecule has 22 heavy (non-hydrogen) atoms. The molecule has 0 atom stereocenters. The summed E-state index contributed by atoms with van der Waals surface area (Å²) in [5.74, 6) is 0. The number of hydrogen-bond donors (Lipinski definition) is 0. The molecule has 1 aromatic carbocycles. The topological polar surface area (TPSA) is 20.5 Å². The van der Waals surface area contributed by atoms with Gasteiger partial charge in [-0.15, -0.1) is 0 Å². The first kappa shape index (κ1) is 14.0. The van der Waals surface area contributed by atoms with Crippen molar-refractivity contribution in [2.45, 2.75) is 26.4 Å². The summed E-state index contributed by atoms with van der Waals surface area (Å²) in [7, 11) is 0. The Balaban J connectivity index is 1.62.